The number of rotatable bonds is 10. The van der Waals surface area contributed by atoms with Crippen LogP contribution in [0.15, 0.2) is 41.5 Å². The lowest BCUT2D eigenvalue weighted by Gasteiger charge is -2.30. The van der Waals surface area contributed by atoms with E-state index in [0.717, 1.165) is 42.7 Å². The highest BCUT2D eigenvalue weighted by Gasteiger charge is 2.20. The van der Waals surface area contributed by atoms with Crippen LogP contribution >= 0.6 is 0 Å². The van der Waals surface area contributed by atoms with Crippen molar-refractivity contribution in [3.63, 3.8) is 0 Å². The molecule has 4 rings (SSSR count). The molecular formula is C27H33N7O4. The average Bonchev–Trinajstić information content (AvgIpc) is 2.90. The fourth-order valence-electron chi connectivity index (χ4n) is 4.07. The zero-order valence-electron chi connectivity index (χ0n) is 22.1. The summed E-state index contributed by atoms with van der Waals surface area (Å²) < 4.78 is 10.8. The van der Waals surface area contributed by atoms with Gasteiger partial charge in [-0.1, -0.05) is 25.1 Å². The predicted octanol–water partition coefficient (Wildman–Crippen LogP) is 4.39. The number of methoxy groups -OCH3 is 1. The summed E-state index contributed by atoms with van der Waals surface area (Å²) in [6.45, 7) is 7.59. The second-order valence-electron chi connectivity index (χ2n) is 9.26. The minimum atomic E-state index is -1.09. The van der Waals surface area contributed by atoms with Crippen LogP contribution in [0.4, 0.5) is 23.5 Å². The minimum absolute atomic E-state index is 0.272. The van der Waals surface area contributed by atoms with Crippen LogP contribution in [-0.4, -0.2) is 59.0 Å². The number of hydrogen-bond donors (Lipinski definition) is 3. The van der Waals surface area contributed by atoms with Crippen molar-refractivity contribution in [2.24, 2.45) is 11.0 Å². The van der Waals surface area contributed by atoms with E-state index in [1.165, 1.54) is 13.3 Å². The molecule has 0 atom stereocenters. The molecule has 2 aromatic carbocycles. The van der Waals surface area contributed by atoms with Gasteiger partial charge in [-0.3, -0.25) is 0 Å². The molecule has 1 aromatic heterocycles. The van der Waals surface area contributed by atoms with E-state index in [1.807, 2.05) is 19.1 Å². The number of hydrazone groups is 1. The first-order valence-corrected chi connectivity index (χ1v) is 12.5. The van der Waals surface area contributed by atoms with Gasteiger partial charge in [0.05, 0.1) is 13.3 Å². The van der Waals surface area contributed by atoms with E-state index in [0.29, 0.717) is 29.1 Å². The molecule has 2 heterocycles. The van der Waals surface area contributed by atoms with Crippen molar-refractivity contribution >= 4 is 35.7 Å². The molecule has 0 unspecified atom stereocenters. The number of aliphatic carboxylic acids is 1. The van der Waals surface area contributed by atoms with E-state index < -0.39 is 12.6 Å². The molecule has 11 nitrogen and oxygen atoms in total. The third-order valence-corrected chi connectivity index (χ3v) is 6.48. The summed E-state index contributed by atoms with van der Waals surface area (Å²) in [5.41, 5.74) is 6.62. The summed E-state index contributed by atoms with van der Waals surface area (Å²) in [6.07, 6.45) is 3.65. The van der Waals surface area contributed by atoms with Crippen molar-refractivity contribution in [2.45, 2.75) is 33.6 Å². The number of aryl methyl sites for hydroxylation is 1. The molecule has 0 saturated carbocycles. The first-order valence-electron chi connectivity index (χ1n) is 12.5. The van der Waals surface area contributed by atoms with Gasteiger partial charge in [0, 0.05) is 24.3 Å². The monoisotopic (exact) mass is 519 g/mol. The topological polar surface area (TPSA) is 134 Å². The van der Waals surface area contributed by atoms with Gasteiger partial charge in [0.2, 0.25) is 17.8 Å². The van der Waals surface area contributed by atoms with Gasteiger partial charge >= 0.3 is 5.97 Å². The van der Waals surface area contributed by atoms with E-state index in [4.69, 9.17) is 19.6 Å². The van der Waals surface area contributed by atoms with Crippen LogP contribution < -0.4 is 25.1 Å². The normalized spacial score (nSPS) is 13.9. The number of piperidine rings is 1. The Kier molecular flexibility index (Phi) is 8.57. The van der Waals surface area contributed by atoms with Crippen LogP contribution in [0.2, 0.25) is 0 Å². The molecule has 3 aromatic rings. The van der Waals surface area contributed by atoms with Crippen molar-refractivity contribution in [3.05, 3.63) is 53.1 Å². The van der Waals surface area contributed by atoms with Gasteiger partial charge in [-0.25, -0.2) is 10.2 Å². The lowest BCUT2D eigenvalue weighted by Crippen LogP contribution is -2.34. The number of carboxylic acids is 1. The number of anilines is 4. The zero-order chi connectivity index (χ0) is 27.1. The highest BCUT2D eigenvalue weighted by Crippen LogP contribution is 2.30. The number of hydrogen-bond acceptors (Lipinski definition) is 10. The van der Waals surface area contributed by atoms with Crippen LogP contribution in [0, 0.1) is 19.8 Å². The molecule has 1 saturated heterocycles. The maximum atomic E-state index is 11.0. The molecule has 11 heteroatoms. The number of nitrogens with one attached hydrogen (secondary N) is 2. The molecule has 200 valence electrons. The molecule has 3 N–H and O–H groups in total. The Balaban J connectivity index is 1.61. The Morgan fingerprint density at radius 3 is 2.61 bits per heavy atom. The number of ether oxygens (including phenoxy) is 2. The Bertz CT molecular complexity index is 1310. The lowest BCUT2D eigenvalue weighted by atomic mass is 10.00. The highest BCUT2D eigenvalue weighted by molar-refractivity contribution is 5.85. The summed E-state index contributed by atoms with van der Waals surface area (Å²) in [5, 5.41) is 16.6. The number of aromatic nitrogens is 3. The molecule has 1 aliphatic rings. The van der Waals surface area contributed by atoms with Crippen molar-refractivity contribution in [2.75, 3.05) is 42.4 Å². The molecular weight excluding hydrogens is 486 g/mol. The van der Waals surface area contributed by atoms with Gasteiger partial charge in [-0.05, 0) is 61.9 Å². The summed E-state index contributed by atoms with van der Waals surface area (Å²) in [6, 6.07) is 11.2. The van der Waals surface area contributed by atoms with Crippen molar-refractivity contribution in [1.29, 1.82) is 0 Å². The summed E-state index contributed by atoms with van der Waals surface area (Å²) in [5.74, 6) is 1.51. The summed E-state index contributed by atoms with van der Waals surface area (Å²) in [7, 11) is 1.49. The van der Waals surface area contributed by atoms with Crippen molar-refractivity contribution in [3.8, 4) is 11.5 Å². The van der Waals surface area contributed by atoms with Gasteiger partial charge in [0.1, 0.15) is 0 Å². The number of benzene rings is 2. The van der Waals surface area contributed by atoms with E-state index in [-0.39, 0.29) is 11.7 Å². The molecule has 38 heavy (non-hydrogen) atoms. The second kappa shape index (κ2) is 12.2. The standard InChI is InChI=1S/C27H33N7O4/c1-17-11-13-34(14-12-17)27-31-25(29-21-9-5-7-18(2)19(21)3)30-26(32-27)33-28-15-20-8-6-10-22(37-4)24(20)38-16-23(35)36/h5-10,15,17H,11-14,16H2,1-4H3,(H,35,36)(H2,29,30,31,32,33)/b28-15-. The second-order valence-corrected chi connectivity index (χ2v) is 9.26. The van der Waals surface area contributed by atoms with Crippen molar-refractivity contribution < 1.29 is 19.4 Å². The molecule has 0 spiro atoms. The SMILES string of the molecule is COc1cccc(/C=N\Nc2nc(Nc3cccc(C)c3C)nc(N3CCC(C)CC3)n2)c1OCC(=O)O. The highest BCUT2D eigenvalue weighted by atomic mass is 16.5. The van der Waals surface area contributed by atoms with E-state index in [9.17, 15) is 4.79 Å². The molecule has 0 radical (unpaired) electrons. The Labute approximate surface area is 221 Å². The first kappa shape index (κ1) is 26.6. The molecule has 1 fully saturated rings. The Morgan fingerprint density at radius 2 is 1.87 bits per heavy atom. The fraction of sp³-hybridized carbons (Fsp3) is 0.370. The maximum absolute atomic E-state index is 11.0. The Hall–Kier alpha value is -4.41. The number of para-hydroxylation sites is 1. The van der Waals surface area contributed by atoms with Gasteiger partial charge in [-0.15, -0.1) is 0 Å². The quantitative estimate of drug-likeness (QED) is 0.262. The van der Waals surface area contributed by atoms with Gasteiger partial charge in [-0.2, -0.15) is 20.1 Å². The first-order chi connectivity index (χ1) is 18.3. The molecule has 0 bridgehead atoms. The molecule has 0 aliphatic carbocycles. The number of carbonyl (C=O) groups is 1. The van der Waals surface area contributed by atoms with E-state index >= 15 is 0 Å². The summed E-state index contributed by atoms with van der Waals surface area (Å²) >= 11 is 0. The summed E-state index contributed by atoms with van der Waals surface area (Å²) in [4.78, 5) is 27.0. The predicted molar refractivity (Wildman–Crippen MR) is 147 cm³/mol. The third-order valence-electron chi connectivity index (χ3n) is 6.48. The number of nitrogens with zero attached hydrogens (tertiary/aromatic N) is 5. The maximum Gasteiger partial charge on any atom is 0.341 e. The minimum Gasteiger partial charge on any atom is -0.493 e. The third kappa shape index (κ3) is 6.67. The smallest absolute Gasteiger partial charge is 0.341 e. The van der Waals surface area contributed by atoms with Crippen LogP contribution in [-0.2, 0) is 4.79 Å². The number of carboxylic acid groups (broad SMARTS) is 1. The van der Waals surface area contributed by atoms with E-state index in [1.54, 1.807) is 18.2 Å². The van der Waals surface area contributed by atoms with Crippen LogP contribution in [0.25, 0.3) is 0 Å². The van der Waals surface area contributed by atoms with Crippen LogP contribution in [0.3, 0.4) is 0 Å². The zero-order valence-corrected chi connectivity index (χ0v) is 22.1. The molecule has 0 amide bonds. The lowest BCUT2D eigenvalue weighted by molar-refractivity contribution is -0.139. The largest absolute Gasteiger partial charge is 0.493 e. The van der Waals surface area contributed by atoms with Gasteiger partial charge < -0.3 is 24.8 Å². The van der Waals surface area contributed by atoms with Gasteiger partial charge in [0.25, 0.3) is 0 Å². The van der Waals surface area contributed by atoms with Gasteiger partial charge in [0.15, 0.2) is 18.1 Å². The molecule has 1 aliphatic heterocycles. The van der Waals surface area contributed by atoms with Crippen molar-refractivity contribution in [1.82, 2.24) is 15.0 Å². The fourth-order valence-corrected chi connectivity index (χ4v) is 4.07. The van der Waals surface area contributed by atoms with Crippen LogP contribution in [0.1, 0.15) is 36.5 Å². The Morgan fingerprint density at radius 1 is 1.13 bits per heavy atom. The van der Waals surface area contributed by atoms with E-state index in [2.05, 4.69) is 50.6 Å². The van der Waals surface area contributed by atoms with Crippen LogP contribution in [0.5, 0.6) is 11.5 Å². The average molecular weight is 520 g/mol.